The minimum absolute atomic E-state index is 0.394. The molecular weight excluding hydrogens is 290 g/mol. The first-order chi connectivity index (χ1) is 11.1. The number of anilines is 2. The van der Waals surface area contributed by atoms with Crippen LogP contribution in [0.5, 0.6) is 0 Å². The normalized spacial score (nSPS) is 16.0. The van der Waals surface area contributed by atoms with Crippen LogP contribution in [0.2, 0.25) is 0 Å². The highest BCUT2D eigenvalue weighted by molar-refractivity contribution is 5.91. The van der Waals surface area contributed by atoms with E-state index in [0.29, 0.717) is 11.7 Å². The maximum atomic E-state index is 11.2. The molecule has 0 aliphatic carbocycles. The van der Waals surface area contributed by atoms with Crippen molar-refractivity contribution in [2.24, 2.45) is 0 Å². The largest absolute Gasteiger partial charge is 0.387 e. The monoisotopic (exact) mass is 317 g/mol. The van der Waals surface area contributed by atoms with E-state index in [9.17, 15) is 4.79 Å². The minimum atomic E-state index is -0.498. The molecule has 0 saturated carbocycles. The number of hydrogen-bond acceptors (Lipinski definition) is 4. The summed E-state index contributed by atoms with van der Waals surface area (Å²) in [5.41, 5.74) is 3.07. The number of carbonyl (C=O) groups is 1. The molecule has 0 bridgehead atoms. The Kier molecular flexibility index (Phi) is 6.62. The molecule has 5 heteroatoms. The average molecular weight is 317 g/mol. The summed E-state index contributed by atoms with van der Waals surface area (Å²) in [5, 5.41) is 15.0. The topological polar surface area (TPSA) is 64.6 Å². The van der Waals surface area contributed by atoms with Gasteiger partial charge in [0.1, 0.15) is 6.61 Å². The number of aliphatic hydroxyl groups is 1. The summed E-state index contributed by atoms with van der Waals surface area (Å²) in [6.45, 7) is 7.01. The fourth-order valence-electron chi connectivity index (χ4n) is 2.69. The highest BCUT2D eigenvalue weighted by atomic mass is 16.3. The molecule has 0 spiro atoms. The quantitative estimate of drug-likeness (QED) is 0.705. The van der Waals surface area contributed by atoms with Gasteiger partial charge in [-0.1, -0.05) is 17.7 Å². The predicted octanol–water partition coefficient (Wildman–Crippen LogP) is 2.46. The molecule has 1 fully saturated rings. The van der Waals surface area contributed by atoms with E-state index in [1.54, 1.807) is 0 Å². The van der Waals surface area contributed by atoms with Gasteiger partial charge in [0.05, 0.1) is 0 Å². The summed E-state index contributed by atoms with van der Waals surface area (Å²) < 4.78 is 0. The van der Waals surface area contributed by atoms with Gasteiger partial charge in [0.15, 0.2) is 0 Å². The smallest absolute Gasteiger partial charge is 0.250 e. The second-order valence-corrected chi connectivity index (χ2v) is 6.29. The zero-order valence-electron chi connectivity index (χ0n) is 14.0. The number of amides is 1. The summed E-state index contributed by atoms with van der Waals surface area (Å²) in [7, 11) is 0. The van der Waals surface area contributed by atoms with Gasteiger partial charge >= 0.3 is 0 Å². The molecule has 5 nitrogen and oxygen atoms in total. The molecule has 1 aliphatic heterocycles. The molecule has 0 atom stereocenters. The Morgan fingerprint density at radius 1 is 1.30 bits per heavy atom. The van der Waals surface area contributed by atoms with Crippen molar-refractivity contribution in [2.75, 3.05) is 36.9 Å². The Bertz CT molecular complexity index is 545. The summed E-state index contributed by atoms with van der Waals surface area (Å²) in [5.74, 6) is -0.394. The first-order valence-electron chi connectivity index (χ1n) is 8.20. The van der Waals surface area contributed by atoms with Crippen LogP contribution < -0.4 is 10.6 Å². The SMILES string of the molecule is CC(C)=CCN1CCC(Nc2cccc(NC(=O)CO)c2)CC1. The van der Waals surface area contributed by atoms with Crippen molar-refractivity contribution in [1.29, 1.82) is 0 Å². The van der Waals surface area contributed by atoms with Crippen LogP contribution in [-0.4, -0.2) is 48.2 Å². The van der Waals surface area contributed by atoms with Gasteiger partial charge < -0.3 is 15.7 Å². The van der Waals surface area contributed by atoms with Crippen molar-refractivity contribution in [3.63, 3.8) is 0 Å². The molecule has 0 radical (unpaired) electrons. The number of benzene rings is 1. The van der Waals surface area contributed by atoms with Crippen LogP contribution in [0.25, 0.3) is 0 Å². The van der Waals surface area contributed by atoms with Crippen molar-refractivity contribution < 1.29 is 9.90 Å². The van der Waals surface area contributed by atoms with Crippen molar-refractivity contribution >= 4 is 17.3 Å². The fourth-order valence-corrected chi connectivity index (χ4v) is 2.69. The van der Waals surface area contributed by atoms with Crippen LogP contribution in [-0.2, 0) is 4.79 Å². The molecule has 1 aromatic carbocycles. The van der Waals surface area contributed by atoms with Gasteiger partial charge in [-0.05, 0) is 44.9 Å². The van der Waals surface area contributed by atoms with E-state index >= 15 is 0 Å². The summed E-state index contributed by atoms with van der Waals surface area (Å²) in [4.78, 5) is 13.7. The lowest BCUT2D eigenvalue weighted by molar-refractivity contribution is -0.118. The van der Waals surface area contributed by atoms with Gasteiger partial charge in [-0.3, -0.25) is 9.69 Å². The summed E-state index contributed by atoms with van der Waals surface area (Å²) >= 11 is 0. The van der Waals surface area contributed by atoms with Gasteiger partial charge in [-0.25, -0.2) is 0 Å². The number of likely N-dealkylation sites (tertiary alicyclic amines) is 1. The number of carbonyl (C=O) groups excluding carboxylic acids is 1. The average Bonchev–Trinajstić information content (AvgIpc) is 2.54. The molecule has 3 N–H and O–H groups in total. The van der Waals surface area contributed by atoms with Crippen LogP contribution in [0.4, 0.5) is 11.4 Å². The molecule has 1 aliphatic rings. The Labute approximate surface area is 138 Å². The molecule has 2 rings (SSSR count). The van der Waals surface area contributed by atoms with E-state index in [1.807, 2.05) is 24.3 Å². The molecular formula is C18H27N3O2. The molecule has 1 aromatic rings. The minimum Gasteiger partial charge on any atom is -0.387 e. The number of allylic oxidation sites excluding steroid dienone is 1. The van der Waals surface area contributed by atoms with E-state index in [0.717, 1.165) is 38.2 Å². The number of nitrogens with one attached hydrogen (secondary N) is 2. The molecule has 1 saturated heterocycles. The van der Waals surface area contributed by atoms with Crippen molar-refractivity contribution in [3.8, 4) is 0 Å². The number of rotatable bonds is 6. The Hall–Kier alpha value is -1.85. The van der Waals surface area contributed by atoms with E-state index in [4.69, 9.17) is 5.11 Å². The van der Waals surface area contributed by atoms with Crippen molar-refractivity contribution in [3.05, 3.63) is 35.9 Å². The number of hydrogen-bond donors (Lipinski definition) is 3. The lowest BCUT2D eigenvalue weighted by Gasteiger charge is -2.32. The highest BCUT2D eigenvalue weighted by Gasteiger charge is 2.18. The predicted molar refractivity (Wildman–Crippen MR) is 94.7 cm³/mol. The lowest BCUT2D eigenvalue weighted by atomic mass is 10.0. The summed E-state index contributed by atoms with van der Waals surface area (Å²) in [6, 6.07) is 8.09. The second kappa shape index (κ2) is 8.70. The van der Waals surface area contributed by atoms with Crippen LogP contribution in [0.3, 0.4) is 0 Å². The zero-order chi connectivity index (χ0) is 16.7. The third-order valence-electron chi connectivity index (χ3n) is 4.01. The van der Waals surface area contributed by atoms with Gasteiger partial charge in [0.25, 0.3) is 0 Å². The molecule has 1 heterocycles. The third-order valence-corrected chi connectivity index (χ3v) is 4.01. The Morgan fingerprint density at radius 3 is 2.65 bits per heavy atom. The van der Waals surface area contributed by atoms with Crippen molar-refractivity contribution in [2.45, 2.75) is 32.7 Å². The maximum absolute atomic E-state index is 11.2. The van der Waals surface area contributed by atoms with Crippen LogP contribution >= 0.6 is 0 Å². The molecule has 0 unspecified atom stereocenters. The van der Waals surface area contributed by atoms with Gasteiger partial charge in [0.2, 0.25) is 5.91 Å². The number of aliphatic hydroxyl groups excluding tert-OH is 1. The van der Waals surface area contributed by atoms with Crippen molar-refractivity contribution in [1.82, 2.24) is 4.90 Å². The van der Waals surface area contributed by atoms with E-state index in [1.165, 1.54) is 5.57 Å². The first-order valence-corrected chi connectivity index (χ1v) is 8.20. The first kappa shape index (κ1) is 17.5. The number of piperidine rings is 1. The highest BCUT2D eigenvalue weighted by Crippen LogP contribution is 2.20. The van der Waals surface area contributed by atoms with E-state index in [2.05, 4.69) is 35.5 Å². The fraction of sp³-hybridized carbons (Fsp3) is 0.500. The van der Waals surface area contributed by atoms with Crippen LogP contribution in [0.1, 0.15) is 26.7 Å². The molecule has 1 amide bonds. The third kappa shape index (κ3) is 6.04. The molecule has 126 valence electrons. The Morgan fingerprint density at radius 2 is 2.00 bits per heavy atom. The van der Waals surface area contributed by atoms with E-state index in [-0.39, 0.29) is 0 Å². The van der Waals surface area contributed by atoms with Gasteiger partial charge in [0, 0.05) is 37.1 Å². The second-order valence-electron chi connectivity index (χ2n) is 6.29. The molecule has 0 aromatic heterocycles. The number of nitrogens with zero attached hydrogens (tertiary/aromatic N) is 1. The van der Waals surface area contributed by atoms with Crippen LogP contribution in [0, 0.1) is 0 Å². The maximum Gasteiger partial charge on any atom is 0.250 e. The standard InChI is InChI=1S/C18H27N3O2/c1-14(2)6-9-21-10-7-15(8-11-21)19-16-4-3-5-17(12-16)20-18(23)13-22/h3-6,12,15,19,22H,7-11,13H2,1-2H3,(H,20,23). The Balaban J connectivity index is 1.83. The molecule has 23 heavy (non-hydrogen) atoms. The van der Waals surface area contributed by atoms with Gasteiger partial charge in [-0.2, -0.15) is 0 Å². The van der Waals surface area contributed by atoms with Crippen LogP contribution in [0.15, 0.2) is 35.9 Å². The van der Waals surface area contributed by atoms with E-state index < -0.39 is 12.5 Å². The summed E-state index contributed by atoms with van der Waals surface area (Å²) in [6.07, 6.45) is 4.51. The lowest BCUT2D eigenvalue weighted by Crippen LogP contribution is -2.39. The zero-order valence-corrected chi connectivity index (χ0v) is 14.0. The van der Waals surface area contributed by atoms with Gasteiger partial charge in [-0.15, -0.1) is 0 Å².